The SMILES string of the molecule is CC.CC.COC(=O)Cc1cc(C)cc(Br)c1. The number of ether oxygens (including phenoxy) is 1. The second kappa shape index (κ2) is 11.6. The van der Waals surface area contributed by atoms with Gasteiger partial charge in [0.15, 0.2) is 0 Å². The summed E-state index contributed by atoms with van der Waals surface area (Å²) in [5.74, 6) is -0.211. The van der Waals surface area contributed by atoms with Gasteiger partial charge in [0.05, 0.1) is 13.5 Å². The average Bonchev–Trinajstić information content (AvgIpc) is 2.32. The second-order valence-corrected chi connectivity index (χ2v) is 3.81. The summed E-state index contributed by atoms with van der Waals surface area (Å²) >= 11 is 3.37. The largest absolute Gasteiger partial charge is 0.469 e. The van der Waals surface area contributed by atoms with E-state index in [0.29, 0.717) is 6.42 Å². The summed E-state index contributed by atoms with van der Waals surface area (Å²) in [6.45, 7) is 9.99. The molecule has 1 rings (SSSR count). The maximum atomic E-state index is 11.0. The van der Waals surface area contributed by atoms with Gasteiger partial charge in [-0.2, -0.15) is 0 Å². The summed E-state index contributed by atoms with van der Waals surface area (Å²) in [4.78, 5) is 11.0. The summed E-state index contributed by atoms with van der Waals surface area (Å²) < 4.78 is 5.57. The van der Waals surface area contributed by atoms with E-state index in [2.05, 4.69) is 20.7 Å². The smallest absolute Gasteiger partial charge is 0.309 e. The van der Waals surface area contributed by atoms with Gasteiger partial charge in [-0.15, -0.1) is 0 Å². The minimum Gasteiger partial charge on any atom is -0.469 e. The number of aryl methyl sites for hydroxylation is 1. The Morgan fingerprint density at radius 3 is 2.12 bits per heavy atom. The Balaban J connectivity index is 0. The molecule has 98 valence electrons. The normalized spacial score (nSPS) is 8.18. The topological polar surface area (TPSA) is 26.3 Å². The quantitative estimate of drug-likeness (QED) is 0.751. The van der Waals surface area contributed by atoms with Gasteiger partial charge in [-0.1, -0.05) is 49.7 Å². The fourth-order valence-electron chi connectivity index (χ4n) is 1.15. The zero-order chi connectivity index (χ0) is 13.8. The van der Waals surface area contributed by atoms with Crippen molar-refractivity contribution in [2.75, 3.05) is 7.11 Å². The minimum absolute atomic E-state index is 0.211. The second-order valence-electron chi connectivity index (χ2n) is 2.89. The summed E-state index contributed by atoms with van der Waals surface area (Å²) in [6, 6.07) is 5.90. The number of methoxy groups -OCH3 is 1. The molecule has 0 aliphatic carbocycles. The van der Waals surface area contributed by atoms with Gasteiger partial charge in [-0.05, 0) is 30.2 Å². The maximum absolute atomic E-state index is 11.0. The van der Waals surface area contributed by atoms with E-state index in [1.165, 1.54) is 7.11 Å². The zero-order valence-corrected chi connectivity index (χ0v) is 13.2. The summed E-state index contributed by atoms with van der Waals surface area (Å²) in [6.07, 6.45) is 0.330. The molecule has 0 spiro atoms. The molecule has 2 nitrogen and oxygen atoms in total. The fraction of sp³-hybridized carbons (Fsp3) is 0.500. The lowest BCUT2D eigenvalue weighted by atomic mass is 10.1. The van der Waals surface area contributed by atoms with Crippen molar-refractivity contribution in [3.63, 3.8) is 0 Å². The summed E-state index contributed by atoms with van der Waals surface area (Å²) in [7, 11) is 1.40. The van der Waals surface area contributed by atoms with Gasteiger partial charge in [0.1, 0.15) is 0 Å². The zero-order valence-electron chi connectivity index (χ0n) is 11.6. The molecule has 0 aliphatic rings. The Morgan fingerprint density at radius 2 is 1.71 bits per heavy atom. The lowest BCUT2D eigenvalue weighted by Crippen LogP contribution is -2.04. The number of hydrogen-bond acceptors (Lipinski definition) is 2. The van der Waals surface area contributed by atoms with E-state index in [-0.39, 0.29) is 5.97 Å². The Kier molecular flexibility index (Phi) is 12.7. The maximum Gasteiger partial charge on any atom is 0.309 e. The molecule has 0 atom stereocenters. The molecule has 0 amide bonds. The molecule has 0 heterocycles. The van der Waals surface area contributed by atoms with Gasteiger partial charge in [0, 0.05) is 4.47 Å². The summed E-state index contributed by atoms with van der Waals surface area (Å²) in [5.41, 5.74) is 2.10. The van der Waals surface area contributed by atoms with E-state index >= 15 is 0 Å². The Labute approximate surface area is 114 Å². The van der Waals surface area contributed by atoms with Crippen LogP contribution in [0.25, 0.3) is 0 Å². The molecule has 1 aromatic rings. The molecular formula is C14H23BrO2. The number of hydrogen-bond donors (Lipinski definition) is 0. The van der Waals surface area contributed by atoms with Crippen LogP contribution in [0.1, 0.15) is 38.8 Å². The van der Waals surface area contributed by atoms with Crippen LogP contribution in [0.5, 0.6) is 0 Å². The number of rotatable bonds is 2. The standard InChI is InChI=1S/C10H11BrO2.2C2H6/c1-7-3-8(5-9(11)4-7)6-10(12)13-2;2*1-2/h3-5H,6H2,1-2H3;2*1-2H3. The van der Waals surface area contributed by atoms with Crippen LogP contribution in [0.15, 0.2) is 22.7 Å². The van der Waals surface area contributed by atoms with Gasteiger partial charge in [-0.25, -0.2) is 0 Å². The van der Waals surface area contributed by atoms with Crippen LogP contribution in [-0.4, -0.2) is 13.1 Å². The van der Waals surface area contributed by atoms with Gasteiger partial charge < -0.3 is 4.74 Å². The first kappa shape index (κ1) is 18.5. The number of carbonyl (C=O) groups is 1. The van der Waals surface area contributed by atoms with Crippen molar-refractivity contribution >= 4 is 21.9 Å². The van der Waals surface area contributed by atoms with Crippen molar-refractivity contribution in [1.82, 2.24) is 0 Å². The molecule has 0 saturated carbocycles. The van der Waals surface area contributed by atoms with Crippen molar-refractivity contribution < 1.29 is 9.53 Å². The van der Waals surface area contributed by atoms with Crippen molar-refractivity contribution in [2.45, 2.75) is 41.0 Å². The third-order valence-electron chi connectivity index (χ3n) is 1.68. The van der Waals surface area contributed by atoms with Crippen LogP contribution in [0.2, 0.25) is 0 Å². The highest BCUT2D eigenvalue weighted by molar-refractivity contribution is 9.10. The molecule has 0 radical (unpaired) electrons. The van der Waals surface area contributed by atoms with E-state index in [9.17, 15) is 4.79 Å². The van der Waals surface area contributed by atoms with Gasteiger partial charge in [-0.3, -0.25) is 4.79 Å². The third-order valence-corrected chi connectivity index (χ3v) is 2.14. The summed E-state index contributed by atoms with van der Waals surface area (Å²) in [5, 5.41) is 0. The van der Waals surface area contributed by atoms with Crippen LogP contribution in [0, 0.1) is 6.92 Å². The first-order valence-corrected chi connectivity index (χ1v) is 6.74. The Bertz CT molecular complexity index is 302. The lowest BCUT2D eigenvalue weighted by Gasteiger charge is -2.02. The number of halogens is 1. The van der Waals surface area contributed by atoms with Crippen LogP contribution in [0.3, 0.4) is 0 Å². The van der Waals surface area contributed by atoms with Gasteiger partial charge in [0.25, 0.3) is 0 Å². The molecule has 0 unspecified atom stereocenters. The molecule has 17 heavy (non-hydrogen) atoms. The molecule has 0 fully saturated rings. The van der Waals surface area contributed by atoms with Crippen molar-refractivity contribution in [3.05, 3.63) is 33.8 Å². The minimum atomic E-state index is -0.211. The Hall–Kier alpha value is -0.830. The van der Waals surface area contributed by atoms with Crippen molar-refractivity contribution in [3.8, 4) is 0 Å². The number of esters is 1. The highest BCUT2D eigenvalue weighted by Crippen LogP contribution is 2.15. The van der Waals surface area contributed by atoms with Crippen molar-refractivity contribution in [1.29, 1.82) is 0 Å². The van der Waals surface area contributed by atoms with E-state index in [4.69, 9.17) is 0 Å². The Morgan fingerprint density at radius 1 is 1.18 bits per heavy atom. The monoisotopic (exact) mass is 302 g/mol. The van der Waals surface area contributed by atoms with Crippen LogP contribution >= 0.6 is 15.9 Å². The first-order valence-electron chi connectivity index (χ1n) is 5.94. The molecule has 0 saturated heterocycles. The highest BCUT2D eigenvalue weighted by atomic mass is 79.9. The van der Waals surface area contributed by atoms with E-state index in [0.717, 1.165) is 15.6 Å². The van der Waals surface area contributed by atoms with Crippen LogP contribution in [0.4, 0.5) is 0 Å². The van der Waals surface area contributed by atoms with Crippen LogP contribution < -0.4 is 0 Å². The van der Waals surface area contributed by atoms with E-state index in [1.54, 1.807) is 0 Å². The molecule has 3 heteroatoms. The van der Waals surface area contributed by atoms with Crippen LogP contribution in [-0.2, 0) is 16.0 Å². The predicted molar refractivity (Wildman–Crippen MR) is 77.3 cm³/mol. The molecule has 0 N–H and O–H groups in total. The van der Waals surface area contributed by atoms with Crippen molar-refractivity contribution in [2.24, 2.45) is 0 Å². The van der Waals surface area contributed by atoms with E-state index in [1.807, 2.05) is 52.8 Å². The highest BCUT2D eigenvalue weighted by Gasteiger charge is 2.03. The van der Waals surface area contributed by atoms with Gasteiger partial charge in [0.2, 0.25) is 0 Å². The van der Waals surface area contributed by atoms with Gasteiger partial charge >= 0.3 is 5.97 Å². The molecule has 0 bridgehead atoms. The van der Waals surface area contributed by atoms with E-state index < -0.39 is 0 Å². The number of carbonyl (C=O) groups excluding carboxylic acids is 1. The molecule has 1 aromatic carbocycles. The predicted octanol–water partition coefficient (Wildman–Crippen LogP) is 4.53. The molecule has 0 aromatic heterocycles. The fourth-order valence-corrected chi connectivity index (χ4v) is 1.81. The number of benzene rings is 1. The first-order chi connectivity index (χ1) is 8.11. The third kappa shape index (κ3) is 8.93. The molecular weight excluding hydrogens is 280 g/mol. The lowest BCUT2D eigenvalue weighted by molar-refractivity contribution is -0.139. The molecule has 0 aliphatic heterocycles. The average molecular weight is 303 g/mol.